The minimum absolute atomic E-state index is 0.0590. The lowest BCUT2D eigenvalue weighted by molar-refractivity contribution is -0.141. The molecular weight excluding hydrogens is 450 g/mol. The number of rotatable bonds is 9. The number of nitrogens with zero attached hydrogens (tertiary/aromatic N) is 2. The average molecular weight is 498 g/mol. The van der Waals surface area contributed by atoms with E-state index in [-0.39, 0.29) is 23.3 Å². The second-order valence-electron chi connectivity index (χ2n) is 11.9. The largest absolute Gasteiger partial charge is 0.478 e. The number of likely N-dealkylation sites (N-methyl/N-ethyl adjacent to an activating group) is 2. The van der Waals surface area contributed by atoms with Crippen molar-refractivity contribution in [2.24, 2.45) is 17.3 Å². The number of amides is 3. The van der Waals surface area contributed by atoms with Crippen molar-refractivity contribution in [1.82, 2.24) is 15.1 Å². The zero-order valence-electron chi connectivity index (χ0n) is 23.8. The highest BCUT2D eigenvalue weighted by atomic mass is 16.6. The zero-order chi connectivity index (χ0) is 28.0. The fourth-order valence-corrected chi connectivity index (χ4v) is 3.68. The maximum absolute atomic E-state index is 13.6. The van der Waals surface area contributed by atoms with Gasteiger partial charge in [-0.1, -0.05) is 54.5 Å². The van der Waals surface area contributed by atoms with Crippen molar-refractivity contribution in [1.29, 1.82) is 0 Å². The Morgan fingerprint density at radius 2 is 1.37 bits per heavy atom. The Balaban J connectivity index is 6.09. The van der Waals surface area contributed by atoms with Crippen molar-refractivity contribution in [3.8, 4) is 0 Å². The molecule has 0 bridgehead atoms. The molecule has 0 spiro atoms. The number of carboxylic acids is 1. The third kappa shape index (κ3) is 9.90. The third-order valence-corrected chi connectivity index (χ3v) is 5.63. The number of nitrogens with one attached hydrogen (secondary N) is 1. The van der Waals surface area contributed by atoms with Gasteiger partial charge in [-0.05, 0) is 44.9 Å². The molecule has 9 nitrogen and oxygen atoms in total. The number of aliphatic carboxylic acids is 1. The lowest BCUT2D eigenvalue weighted by Crippen LogP contribution is -2.60. The van der Waals surface area contributed by atoms with Gasteiger partial charge in [0.2, 0.25) is 11.8 Å². The van der Waals surface area contributed by atoms with Crippen molar-refractivity contribution in [3.63, 3.8) is 0 Å². The first kappa shape index (κ1) is 32.4. The number of ether oxygens (including phenoxy) is 1. The van der Waals surface area contributed by atoms with E-state index in [4.69, 9.17) is 4.74 Å². The molecule has 2 N–H and O–H groups in total. The van der Waals surface area contributed by atoms with E-state index in [1.54, 1.807) is 33.9 Å². The van der Waals surface area contributed by atoms with Gasteiger partial charge in [0.25, 0.3) is 0 Å². The predicted octanol–water partition coefficient (Wildman–Crippen LogP) is 3.92. The molecule has 9 heteroatoms. The molecule has 202 valence electrons. The average Bonchev–Trinajstić information content (AvgIpc) is 2.66. The van der Waals surface area contributed by atoms with Crippen molar-refractivity contribution in [3.05, 3.63) is 11.6 Å². The van der Waals surface area contributed by atoms with E-state index >= 15 is 0 Å². The van der Waals surface area contributed by atoms with Crippen LogP contribution in [-0.4, -0.2) is 76.6 Å². The summed E-state index contributed by atoms with van der Waals surface area (Å²) in [4.78, 5) is 53.8. The molecule has 0 unspecified atom stereocenters. The van der Waals surface area contributed by atoms with Crippen LogP contribution in [0.3, 0.4) is 0 Å². The van der Waals surface area contributed by atoms with Crippen LogP contribution < -0.4 is 5.32 Å². The Bertz CT molecular complexity index is 805. The monoisotopic (exact) mass is 497 g/mol. The maximum Gasteiger partial charge on any atom is 0.410 e. The number of carboxylic acid groups (broad SMARTS) is 1. The van der Waals surface area contributed by atoms with Crippen LogP contribution in [0.4, 0.5) is 4.79 Å². The smallest absolute Gasteiger partial charge is 0.410 e. The molecule has 0 aromatic rings. The van der Waals surface area contributed by atoms with Gasteiger partial charge < -0.3 is 20.1 Å². The van der Waals surface area contributed by atoms with Crippen LogP contribution in [0.15, 0.2) is 11.6 Å². The van der Waals surface area contributed by atoms with E-state index in [0.717, 1.165) is 0 Å². The molecule has 0 fully saturated rings. The van der Waals surface area contributed by atoms with Crippen LogP contribution in [0, 0.1) is 17.3 Å². The summed E-state index contributed by atoms with van der Waals surface area (Å²) in [6, 6.07) is -2.25. The lowest BCUT2D eigenvalue weighted by atomic mass is 9.84. The van der Waals surface area contributed by atoms with Gasteiger partial charge in [-0.2, -0.15) is 0 Å². The van der Waals surface area contributed by atoms with E-state index in [9.17, 15) is 24.3 Å². The van der Waals surface area contributed by atoms with E-state index in [2.05, 4.69) is 5.32 Å². The molecular formula is C26H47N3O6. The molecule has 0 aromatic carbocycles. The van der Waals surface area contributed by atoms with Crippen molar-refractivity contribution in [2.75, 3.05) is 14.1 Å². The van der Waals surface area contributed by atoms with Gasteiger partial charge >= 0.3 is 12.1 Å². The highest BCUT2D eigenvalue weighted by Gasteiger charge is 2.40. The second kappa shape index (κ2) is 12.4. The Labute approximate surface area is 211 Å². The molecule has 0 radical (unpaired) electrons. The highest BCUT2D eigenvalue weighted by molar-refractivity contribution is 5.92. The summed E-state index contributed by atoms with van der Waals surface area (Å²) in [5, 5.41) is 12.2. The van der Waals surface area contributed by atoms with Gasteiger partial charge in [0, 0.05) is 19.7 Å². The molecule has 0 saturated heterocycles. The van der Waals surface area contributed by atoms with E-state index in [1.165, 1.54) is 23.8 Å². The Hall–Kier alpha value is -2.58. The summed E-state index contributed by atoms with van der Waals surface area (Å²) >= 11 is 0. The van der Waals surface area contributed by atoms with Gasteiger partial charge in [0.1, 0.15) is 17.7 Å². The number of hydrogen-bond donors (Lipinski definition) is 2. The van der Waals surface area contributed by atoms with Crippen molar-refractivity contribution in [2.45, 2.75) is 99.9 Å². The quantitative estimate of drug-likeness (QED) is 0.466. The molecule has 0 heterocycles. The summed E-state index contributed by atoms with van der Waals surface area (Å²) in [6.45, 7) is 19.7. The number of hydrogen-bond acceptors (Lipinski definition) is 5. The van der Waals surface area contributed by atoms with Crippen LogP contribution in [0.5, 0.6) is 0 Å². The minimum Gasteiger partial charge on any atom is -0.478 e. The Morgan fingerprint density at radius 1 is 0.886 bits per heavy atom. The summed E-state index contributed by atoms with van der Waals surface area (Å²) in [6.07, 6.45) is 0.927. The fourth-order valence-electron chi connectivity index (χ4n) is 3.68. The van der Waals surface area contributed by atoms with Gasteiger partial charge in [-0.3, -0.25) is 14.5 Å². The van der Waals surface area contributed by atoms with E-state index in [1.807, 2.05) is 48.5 Å². The topological polar surface area (TPSA) is 116 Å². The normalized spacial score (nSPS) is 15.3. The zero-order valence-corrected chi connectivity index (χ0v) is 23.8. The summed E-state index contributed by atoms with van der Waals surface area (Å²) in [7, 11) is 3.11. The molecule has 3 amide bonds. The molecule has 0 rings (SSSR count). The molecule has 0 aliphatic rings. The SMILES string of the molecule is C/C(=C\[C@H](C(C)C)N(C)C(=O)[C@@H](NC(=O)[C@H](C(C)C)N(C)C(=O)OC(C)(C)C)C(C)(C)C)C(=O)O. The lowest BCUT2D eigenvalue weighted by Gasteiger charge is -2.39. The highest BCUT2D eigenvalue weighted by Crippen LogP contribution is 2.25. The first-order chi connectivity index (χ1) is 15.6. The van der Waals surface area contributed by atoms with Crippen LogP contribution >= 0.6 is 0 Å². The fraction of sp³-hybridized carbons (Fsp3) is 0.769. The standard InChI is InChI=1S/C26H47N3O6/c1-15(2)18(14-17(5)23(32)33)28(12)22(31)20(25(6,7)8)27-21(30)19(16(3)4)29(13)24(34)35-26(9,10)11/h14-16,18-20H,1-13H3,(H,27,30)(H,32,33)/b17-14+/t18-,19+,20-/m1/s1. The molecule has 3 atom stereocenters. The van der Waals surface area contributed by atoms with Crippen LogP contribution in [0.2, 0.25) is 0 Å². The van der Waals surface area contributed by atoms with Crippen LogP contribution in [0.25, 0.3) is 0 Å². The first-order valence-electron chi connectivity index (χ1n) is 12.1. The molecule has 0 saturated carbocycles. The van der Waals surface area contributed by atoms with E-state index in [0.29, 0.717) is 0 Å². The van der Waals surface area contributed by atoms with Gasteiger partial charge in [0.15, 0.2) is 0 Å². The Morgan fingerprint density at radius 3 is 1.71 bits per heavy atom. The number of carbonyl (C=O) groups is 4. The molecule has 0 aliphatic carbocycles. The molecule has 0 aromatic heterocycles. The van der Waals surface area contributed by atoms with Crippen molar-refractivity contribution >= 4 is 23.9 Å². The van der Waals surface area contributed by atoms with Crippen LogP contribution in [0.1, 0.15) is 76.2 Å². The maximum atomic E-state index is 13.6. The Kier molecular flexibility index (Phi) is 11.5. The van der Waals surface area contributed by atoms with Gasteiger partial charge in [-0.15, -0.1) is 0 Å². The number of carbonyl (C=O) groups excluding carboxylic acids is 3. The molecule has 0 aliphatic heterocycles. The van der Waals surface area contributed by atoms with Crippen LogP contribution in [-0.2, 0) is 19.1 Å². The third-order valence-electron chi connectivity index (χ3n) is 5.63. The second-order valence-corrected chi connectivity index (χ2v) is 11.9. The summed E-state index contributed by atoms with van der Waals surface area (Å²) in [5.41, 5.74) is -1.23. The van der Waals surface area contributed by atoms with Gasteiger partial charge in [0.05, 0.1) is 6.04 Å². The predicted molar refractivity (Wildman–Crippen MR) is 137 cm³/mol. The first-order valence-corrected chi connectivity index (χ1v) is 12.1. The van der Waals surface area contributed by atoms with Crippen molar-refractivity contribution < 1.29 is 29.0 Å². The summed E-state index contributed by atoms with van der Waals surface area (Å²) < 4.78 is 5.43. The summed E-state index contributed by atoms with van der Waals surface area (Å²) in [5.74, 6) is -2.17. The minimum atomic E-state index is -1.05. The van der Waals surface area contributed by atoms with Gasteiger partial charge in [-0.25, -0.2) is 9.59 Å². The molecule has 35 heavy (non-hydrogen) atoms. The van der Waals surface area contributed by atoms with E-state index < -0.39 is 47.1 Å².